The van der Waals surface area contributed by atoms with E-state index in [0.29, 0.717) is 5.56 Å². The normalized spacial score (nSPS) is 12.9. The van der Waals surface area contributed by atoms with Gasteiger partial charge in [0.1, 0.15) is 0 Å². The van der Waals surface area contributed by atoms with Gasteiger partial charge in [-0.2, -0.15) is 0 Å². The van der Waals surface area contributed by atoms with Gasteiger partial charge >= 0.3 is 6.09 Å². The molecule has 0 unspecified atom stereocenters. The molecule has 0 aliphatic heterocycles. The molecule has 0 aliphatic carbocycles. The van der Waals surface area contributed by atoms with Crippen molar-refractivity contribution >= 4 is 52.1 Å². The van der Waals surface area contributed by atoms with Gasteiger partial charge in [-0.3, -0.25) is 14.9 Å². The van der Waals surface area contributed by atoms with Crippen molar-refractivity contribution in [1.82, 2.24) is 4.72 Å². The average molecular weight is 871 g/mol. The van der Waals surface area contributed by atoms with Crippen LogP contribution in [0, 0.1) is 10.1 Å². The third kappa shape index (κ3) is 10.1. The first-order valence-corrected chi connectivity index (χ1v) is 23.4. The van der Waals surface area contributed by atoms with Crippen LogP contribution in [-0.2, 0) is 30.4 Å². The van der Waals surface area contributed by atoms with Crippen molar-refractivity contribution in [2.45, 2.75) is 55.1 Å². The van der Waals surface area contributed by atoms with Crippen molar-refractivity contribution in [3.05, 3.63) is 197 Å². The molecule has 2 atom stereocenters. The number of sulfonamides is 1. The molecule has 0 aromatic heterocycles. The molecule has 6 aromatic rings. The fourth-order valence-electron chi connectivity index (χ4n) is 7.90. The van der Waals surface area contributed by atoms with Crippen LogP contribution in [-0.4, -0.2) is 59.5 Å². The summed E-state index contributed by atoms with van der Waals surface area (Å²) in [7, 11) is -6.29. The number of carbonyl (C=O) groups is 2. The van der Waals surface area contributed by atoms with Gasteiger partial charge in [0.25, 0.3) is 19.9 Å². The van der Waals surface area contributed by atoms with Crippen molar-refractivity contribution in [3.8, 4) is 0 Å². The molecule has 0 spiro atoms. The summed E-state index contributed by atoms with van der Waals surface area (Å²) in [5.41, 5.74) is 8.84. The van der Waals surface area contributed by atoms with E-state index < -0.39 is 58.3 Å². The minimum atomic E-state index is -4.28. The lowest BCUT2D eigenvalue weighted by atomic mass is 9.84. The Morgan fingerprint density at radius 2 is 1.26 bits per heavy atom. The number of non-ortho nitro benzene ring substituents is 1. The predicted octanol–water partition coefficient (Wildman–Crippen LogP) is 7.32. The van der Waals surface area contributed by atoms with Crippen LogP contribution >= 0.6 is 0 Å². The highest BCUT2D eigenvalue weighted by Crippen LogP contribution is 2.37. The molecule has 62 heavy (non-hydrogen) atoms. The van der Waals surface area contributed by atoms with Crippen LogP contribution in [0.3, 0.4) is 0 Å². The van der Waals surface area contributed by atoms with E-state index in [1.54, 1.807) is 24.3 Å². The monoisotopic (exact) mass is 870 g/mol. The maximum atomic E-state index is 14.5. The number of amides is 2. The van der Waals surface area contributed by atoms with E-state index in [0.717, 1.165) is 38.5 Å². The van der Waals surface area contributed by atoms with Gasteiger partial charge in [-0.1, -0.05) is 154 Å². The van der Waals surface area contributed by atoms with E-state index in [2.05, 4.69) is 25.5 Å². The third-order valence-electron chi connectivity index (χ3n) is 10.8. The van der Waals surface area contributed by atoms with Crippen molar-refractivity contribution < 1.29 is 32.1 Å². The van der Waals surface area contributed by atoms with Gasteiger partial charge < -0.3 is 14.9 Å². The molecule has 0 bridgehead atoms. The minimum Gasteiger partial charge on any atom is -0.452 e. The number of rotatable bonds is 16. The van der Waals surface area contributed by atoms with E-state index in [1.165, 1.54) is 19.2 Å². The zero-order valence-corrected chi connectivity index (χ0v) is 36.8. The summed E-state index contributed by atoms with van der Waals surface area (Å²) in [4.78, 5) is 39.6. The fourth-order valence-corrected chi connectivity index (χ4v) is 13.7. The van der Waals surface area contributed by atoms with E-state index in [4.69, 9.17) is 14.9 Å². The van der Waals surface area contributed by atoms with Crippen molar-refractivity contribution in [2.75, 3.05) is 18.6 Å². The lowest BCUT2D eigenvalue weighted by Gasteiger charge is -2.43. The molecule has 0 radical (unpaired) electrons. The van der Waals surface area contributed by atoms with Crippen LogP contribution in [0.25, 0.3) is 0 Å². The molecule has 0 saturated heterocycles. The number of hydrogen-bond acceptors (Lipinski definition) is 9. The van der Waals surface area contributed by atoms with Crippen LogP contribution in [0.1, 0.15) is 43.4 Å². The van der Waals surface area contributed by atoms with Gasteiger partial charge in [0, 0.05) is 24.1 Å². The molecule has 6 rings (SSSR count). The second-order valence-electron chi connectivity index (χ2n) is 15.9. The number of hydrogen-bond donors (Lipinski definition) is 2. The summed E-state index contributed by atoms with van der Waals surface area (Å²) in [5.74, 6) is -1.32. The summed E-state index contributed by atoms with van der Waals surface area (Å²) >= 11 is 0. The van der Waals surface area contributed by atoms with E-state index in [-0.39, 0.29) is 29.3 Å². The molecule has 12 nitrogen and oxygen atoms in total. The number of nitrogens with one attached hydrogen (secondary N) is 1. The van der Waals surface area contributed by atoms with Crippen LogP contribution in [0.4, 0.5) is 16.2 Å². The number of ether oxygens (including phenoxy) is 1. The standard InChI is InChI=1S/C48H50N4O8SSi/c1-48(2,3)62(42-24-13-7-14-25-42,43-26-15-8-16-27-43)60-34-38(50-61(57,58)41-30-28-39(29-31-41)52(55)56)32-35-18-17-23-40(33-35)51(47(54)59-4)46(53)45(49)44(36-19-9-5-10-20-36)37-21-11-6-12-22-37/h5-31,33,38,44-45,50H,32,34,49H2,1-4H3/t38-,45-/m0/s1. The Morgan fingerprint density at radius 1 is 0.758 bits per heavy atom. The average Bonchev–Trinajstić information content (AvgIpc) is 3.27. The summed E-state index contributed by atoms with van der Waals surface area (Å²) in [5, 5.41) is 12.9. The number of nitro benzene ring substituents is 1. The summed E-state index contributed by atoms with van der Waals surface area (Å²) in [6, 6.07) is 47.6. The number of imide groups is 1. The van der Waals surface area contributed by atoms with Gasteiger partial charge in [-0.15, -0.1) is 0 Å². The van der Waals surface area contributed by atoms with Crippen LogP contribution in [0.15, 0.2) is 175 Å². The summed E-state index contributed by atoms with van der Waals surface area (Å²) in [6.45, 7) is 6.25. The van der Waals surface area contributed by atoms with Gasteiger partial charge in [0.15, 0.2) is 0 Å². The Bertz CT molecular complexity index is 2480. The first-order chi connectivity index (χ1) is 29.7. The molecule has 3 N–H and O–H groups in total. The number of benzene rings is 6. The smallest absolute Gasteiger partial charge is 0.420 e. The number of methoxy groups -OCH3 is 1. The quantitative estimate of drug-likeness (QED) is 0.0575. The Labute approximate surface area is 363 Å². The SMILES string of the molecule is COC(=O)N(C(=O)[C@@H](N)C(c1ccccc1)c1ccccc1)c1cccc(C[C@@H](CO[Si](c2ccccc2)(c2ccccc2)C(C)(C)C)NS(=O)(=O)c2ccc([N+](=O)[O-])cc2)c1. The van der Waals surface area contributed by atoms with Crippen molar-refractivity contribution in [2.24, 2.45) is 5.73 Å². The minimum absolute atomic E-state index is 0.0458. The number of anilines is 1. The number of nitrogens with zero attached hydrogens (tertiary/aromatic N) is 2. The van der Waals surface area contributed by atoms with Crippen LogP contribution < -0.4 is 25.7 Å². The number of nitro groups is 1. The fraction of sp³-hybridized carbons (Fsp3) is 0.208. The second kappa shape index (κ2) is 19.6. The molecule has 0 saturated carbocycles. The lowest BCUT2D eigenvalue weighted by molar-refractivity contribution is -0.384. The maximum Gasteiger partial charge on any atom is 0.420 e. The van der Waals surface area contributed by atoms with E-state index in [1.807, 2.05) is 121 Å². The van der Waals surface area contributed by atoms with Crippen molar-refractivity contribution in [3.63, 3.8) is 0 Å². The summed E-state index contributed by atoms with van der Waals surface area (Å²) < 4.78 is 43.3. The topological polar surface area (TPSA) is 171 Å². The first-order valence-electron chi connectivity index (χ1n) is 20.0. The maximum absolute atomic E-state index is 14.5. The number of carbonyl (C=O) groups excluding carboxylic acids is 2. The van der Waals surface area contributed by atoms with E-state index in [9.17, 15) is 28.1 Å². The molecule has 14 heteroatoms. The molecule has 6 aromatic carbocycles. The summed E-state index contributed by atoms with van der Waals surface area (Å²) in [6.07, 6.45) is -0.905. The van der Waals surface area contributed by atoms with Gasteiger partial charge in [0.05, 0.1) is 35.3 Å². The molecule has 2 amide bonds. The highest BCUT2D eigenvalue weighted by Gasteiger charge is 2.50. The highest BCUT2D eigenvalue weighted by molar-refractivity contribution is 7.89. The van der Waals surface area contributed by atoms with E-state index >= 15 is 0 Å². The zero-order chi connectivity index (χ0) is 44.5. The van der Waals surface area contributed by atoms with Crippen LogP contribution in [0.2, 0.25) is 5.04 Å². The number of nitrogens with two attached hydrogens (primary N) is 1. The highest BCUT2D eigenvalue weighted by atomic mass is 32.2. The molecular weight excluding hydrogens is 821 g/mol. The molecule has 0 fully saturated rings. The van der Waals surface area contributed by atoms with Gasteiger partial charge in [-0.25, -0.2) is 22.8 Å². The van der Waals surface area contributed by atoms with Crippen LogP contribution in [0.5, 0.6) is 0 Å². The molecule has 320 valence electrons. The molecular formula is C48H50N4O8SSi. The Kier molecular flexibility index (Phi) is 14.3. The van der Waals surface area contributed by atoms with Crippen molar-refractivity contribution in [1.29, 1.82) is 0 Å². The largest absolute Gasteiger partial charge is 0.452 e. The second-order valence-corrected chi connectivity index (χ2v) is 21.9. The lowest BCUT2D eigenvalue weighted by Crippen LogP contribution is -2.67. The van der Waals surface area contributed by atoms with Gasteiger partial charge in [0.2, 0.25) is 10.0 Å². The third-order valence-corrected chi connectivity index (χ3v) is 17.3. The first kappa shape index (κ1) is 45.2. The Morgan fingerprint density at radius 3 is 1.73 bits per heavy atom. The predicted molar refractivity (Wildman–Crippen MR) is 244 cm³/mol. The van der Waals surface area contributed by atoms with Gasteiger partial charge in [-0.05, 0) is 62.8 Å². The molecule has 0 aliphatic rings. The Balaban J connectivity index is 1.39. The molecule has 0 heterocycles. The zero-order valence-electron chi connectivity index (χ0n) is 35.0. The Hall–Kier alpha value is -6.29.